The molecule has 5 nitrogen and oxygen atoms in total. The first-order chi connectivity index (χ1) is 10.7. The van der Waals surface area contributed by atoms with E-state index < -0.39 is 6.10 Å². The van der Waals surface area contributed by atoms with Crippen LogP contribution in [0.15, 0.2) is 29.8 Å². The van der Waals surface area contributed by atoms with Crippen LogP contribution < -0.4 is 5.32 Å². The van der Waals surface area contributed by atoms with Crippen molar-refractivity contribution in [3.8, 4) is 10.4 Å². The lowest BCUT2D eigenvalue weighted by Crippen LogP contribution is -2.42. The van der Waals surface area contributed by atoms with E-state index in [0.29, 0.717) is 26.4 Å². The Morgan fingerprint density at radius 3 is 2.82 bits per heavy atom. The van der Waals surface area contributed by atoms with Crippen molar-refractivity contribution in [3.05, 3.63) is 41.0 Å². The SMILES string of the molecule is Cc1ncsc1-c1ccc(CNC(=O)C2COCCO2)cc1. The monoisotopic (exact) mass is 318 g/mol. The van der Waals surface area contributed by atoms with Crippen molar-refractivity contribution in [2.24, 2.45) is 0 Å². The van der Waals surface area contributed by atoms with Gasteiger partial charge in [-0.15, -0.1) is 11.3 Å². The lowest BCUT2D eigenvalue weighted by atomic mass is 10.1. The Kier molecular flexibility index (Phi) is 4.82. The van der Waals surface area contributed by atoms with Crippen molar-refractivity contribution in [3.63, 3.8) is 0 Å². The van der Waals surface area contributed by atoms with Crippen molar-refractivity contribution in [1.82, 2.24) is 10.3 Å². The first-order valence-electron chi connectivity index (χ1n) is 7.20. The van der Waals surface area contributed by atoms with Crippen LogP contribution in [0.25, 0.3) is 10.4 Å². The molecule has 0 spiro atoms. The number of benzene rings is 1. The van der Waals surface area contributed by atoms with Gasteiger partial charge in [-0.3, -0.25) is 4.79 Å². The number of carbonyl (C=O) groups is 1. The van der Waals surface area contributed by atoms with E-state index in [4.69, 9.17) is 9.47 Å². The average molecular weight is 318 g/mol. The third-order valence-electron chi connectivity index (χ3n) is 3.54. The highest BCUT2D eigenvalue weighted by Crippen LogP contribution is 2.27. The molecule has 2 aromatic rings. The Morgan fingerprint density at radius 2 is 2.18 bits per heavy atom. The van der Waals surface area contributed by atoms with Crippen LogP contribution in [-0.2, 0) is 20.8 Å². The molecule has 2 heterocycles. The maximum absolute atomic E-state index is 11.9. The molecule has 3 rings (SSSR count). The van der Waals surface area contributed by atoms with Gasteiger partial charge < -0.3 is 14.8 Å². The van der Waals surface area contributed by atoms with E-state index in [2.05, 4.69) is 22.4 Å². The summed E-state index contributed by atoms with van der Waals surface area (Å²) in [5, 5.41) is 2.88. The summed E-state index contributed by atoms with van der Waals surface area (Å²) in [5.41, 5.74) is 5.10. The van der Waals surface area contributed by atoms with Gasteiger partial charge in [0.2, 0.25) is 0 Å². The molecule has 0 saturated carbocycles. The zero-order valence-corrected chi connectivity index (χ0v) is 13.2. The molecule has 1 unspecified atom stereocenters. The fraction of sp³-hybridized carbons (Fsp3) is 0.375. The predicted molar refractivity (Wildman–Crippen MR) is 84.7 cm³/mol. The Hall–Kier alpha value is -1.76. The summed E-state index contributed by atoms with van der Waals surface area (Å²) in [6.07, 6.45) is -0.493. The van der Waals surface area contributed by atoms with Crippen LogP contribution in [-0.4, -0.2) is 36.8 Å². The van der Waals surface area contributed by atoms with E-state index >= 15 is 0 Å². The van der Waals surface area contributed by atoms with E-state index in [1.54, 1.807) is 11.3 Å². The first-order valence-corrected chi connectivity index (χ1v) is 8.08. The molecule has 1 aliphatic rings. The maximum Gasteiger partial charge on any atom is 0.251 e. The molecule has 1 atom stereocenters. The molecule has 1 aromatic heterocycles. The summed E-state index contributed by atoms with van der Waals surface area (Å²) in [6.45, 7) is 3.85. The molecule has 116 valence electrons. The van der Waals surface area contributed by atoms with Gasteiger partial charge >= 0.3 is 0 Å². The van der Waals surface area contributed by atoms with Crippen LogP contribution in [0.4, 0.5) is 0 Å². The number of nitrogens with one attached hydrogen (secondary N) is 1. The van der Waals surface area contributed by atoms with Gasteiger partial charge in [-0.2, -0.15) is 0 Å². The van der Waals surface area contributed by atoms with Crippen LogP contribution in [0.1, 0.15) is 11.3 Å². The van der Waals surface area contributed by atoms with Gasteiger partial charge in [-0.1, -0.05) is 24.3 Å². The quantitative estimate of drug-likeness (QED) is 0.938. The van der Waals surface area contributed by atoms with Crippen LogP contribution >= 0.6 is 11.3 Å². The summed E-state index contributed by atoms with van der Waals surface area (Å²) < 4.78 is 10.6. The predicted octanol–water partition coefficient (Wildman–Crippen LogP) is 2.15. The van der Waals surface area contributed by atoms with Crippen LogP contribution in [0.2, 0.25) is 0 Å². The van der Waals surface area contributed by atoms with Crippen molar-refractivity contribution < 1.29 is 14.3 Å². The van der Waals surface area contributed by atoms with Gasteiger partial charge in [0.25, 0.3) is 5.91 Å². The number of aromatic nitrogens is 1. The van der Waals surface area contributed by atoms with E-state index in [9.17, 15) is 4.79 Å². The summed E-state index contributed by atoms with van der Waals surface area (Å²) in [6, 6.07) is 8.16. The topological polar surface area (TPSA) is 60.5 Å². The van der Waals surface area contributed by atoms with Gasteiger partial charge in [0, 0.05) is 6.54 Å². The van der Waals surface area contributed by atoms with Crippen LogP contribution in [0, 0.1) is 6.92 Å². The molecule has 0 bridgehead atoms. The van der Waals surface area contributed by atoms with E-state index in [1.165, 1.54) is 4.88 Å². The largest absolute Gasteiger partial charge is 0.376 e. The highest BCUT2D eigenvalue weighted by Gasteiger charge is 2.22. The second-order valence-electron chi connectivity index (χ2n) is 5.12. The highest BCUT2D eigenvalue weighted by molar-refractivity contribution is 7.13. The molecular formula is C16H18N2O3S. The number of carbonyl (C=O) groups excluding carboxylic acids is 1. The average Bonchev–Trinajstić information content (AvgIpc) is 3.00. The Labute approximate surface area is 133 Å². The number of rotatable bonds is 4. The zero-order valence-electron chi connectivity index (χ0n) is 12.4. The summed E-state index contributed by atoms with van der Waals surface area (Å²) in [5.74, 6) is -0.123. The second kappa shape index (κ2) is 7.00. The molecule has 1 aliphatic heterocycles. The molecular weight excluding hydrogens is 300 g/mol. The van der Waals surface area contributed by atoms with E-state index in [-0.39, 0.29) is 5.91 Å². The van der Waals surface area contributed by atoms with Gasteiger partial charge in [0.1, 0.15) is 0 Å². The van der Waals surface area contributed by atoms with Gasteiger partial charge in [0.15, 0.2) is 6.10 Å². The van der Waals surface area contributed by atoms with E-state index in [1.807, 2.05) is 24.6 Å². The van der Waals surface area contributed by atoms with Crippen molar-refractivity contribution in [2.45, 2.75) is 19.6 Å². The molecule has 6 heteroatoms. The van der Waals surface area contributed by atoms with Crippen molar-refractivity contribution in [1.29, 1.82) is 0 Å². The van der Waals surface area contributed by atoms with Gasteiger partial charge in [-0.25, -0.2) is 4.98 Å². The molecule has 1 saturated heterocycles. The minimum Gasteiger partial charge on any atom is -0.376 e. The van der Waals surface area contributed by atoms with E-state index in [0.717, 1.165) is 16.8 Å². The molecule has 1 aromatic carbocycles. The third-order valence-corrected chi connectivity index (χ3v) is 4.51. The Balaban J connectivity index is 1.57. The first kappa shape index (κ1) is 15.1. The number of hydrogen-bond donors (Lipinski definition) is 1. The summed E-state index contributed by atoms with van der Waals surface area (Å²) in [7, 11) is 0. The Morgan fingerprint density at radius 1 is 1.36 bits per heavy atom. The molecule has 1 fully saturated rings. The number of amides is 1. The van der Waals surface area contributed by atoms with Crippen molar-refractivity contribution >= 4 is 17.2 Å². The maximum atomic E-state index is 11.9. The standard InChI is InChI=1S/C16H18N2O3S/c1-11-15(22-10-18-11)13-4-2-12(3-5-13)8-17-16(19)14-9-20-6-7-21-14/h2-5,10,14H,6-9H2,1H3,(H,17,19). The number of ether oxygens (including phenoxy) is 2. The second-order valence-corrected chi connectivity index (χ2v) is 5.97. The number of thiazole rings is 1. The number of aryl methyl sites for hydroxylation is 1. The lowest BCUT2D eigenvalue weighted by Gasteiger charge is -2.22. The van der Waals surface area contributed by atoms with Gasteiger partial charge in [0.05, 0.1) is 35.9 Å². The van der Waals surface area contributed by atoms with Crippen LogP contribution in [0.5, 0.6) is 0 Å². The van der Waals surface area contributed by atoms with Gasteiger partial charge in [-0.05, 0) is 18.1 Å². The lowest BCUT2D eigenvalue weighted by molar-refractivity contribution is -0.147. The highest BCUT2D eigenvalue weighted by atomic mass is 32.1. The fourth-order valence-electron chi connectivity index (χ4n) is 2.30. The number of hydrogen-bond acceptors (Lipinski definition) is 5. The third kappa shape index (κ3) is 3.52. The summed E-state index contributed by atoms with van der Waals surface area (Å²) >= 11 is 1.63. The molecule has 22 heavy (non-hydrogen) atoms. The minimum atomic E-state index is -0.493. The molecule has 1 N–H and O–H groups in total. The normalized spacial score (nSPS) is 18.1. The molecule has 0 radical (unpaired) electrons. The molecule has 0 aliphatic carbocycles. The summed E-state index contributed by atoms with van der Waals surface area (Å²) in [4.78, 5) is 17.4. The minimum absolute atomic E-state index is 0.123. The Bertz CT molecular complexity index is 633. The van der Waals surface area contributed by atoms with Crippen molar-refractivity contribution in [2.75, 3.05) is 19.8 Å². The fourth-order valence-corrected chi connectivity index (χ4v) is 3.11. The smallest absolute Gasteiger partial charge is 0.251 e. The molecule has 1 amide bonds. The zero-order chi connectivity index (χ0) is 15.4. The van der Waals surface area contributed by atoms with Crippen LogP contribution in [0.3, 0.4) is 0 Å². The number of nitrogens with zero attached hydrogens (tertiary/aromatic N) is 1.